The first kappa shape index (κ1) is 17.3. The number of nitrogens with zero attached hydrogens (tertiary/aromatic N) is 1. The number of amides is 1. The first-order valence-corrected chi connectivity index (χ1v) is 8.03. The van der Waals surface area contributed by atoms with E-state index in [1.54, 1.807) is 31.4 Å². The second-order valence-corrected chi connectivity index (χ2v) is 5.95. The average molecular weight is 318 g/mol. The number of nitrogens with two attached hydrogens (primary N) is 1. The average Bonchev–Trinajstić information content (AvgIpc) is 2.59. The molecule has 23 heavy (non-hydrogen) atoms. The fourth-order valence-corrected chi connectivity index (χ4v) is 2.88. The summed E-state index contributed by atoms with van der Waals surface area (Å²) in [5.74, 6) is 1.70. The summed E-state index contributed by atoms with van der Waals surface area (Å²) in [6, 6.07) is 5.47. The molecule has 1 aliphatic rings. The molecule has 1 aromatic rings. The zero-order chi connectivity index (χ0) is 16.8. The molecule has 1 heterocycles. The molecule has 5 heteroatoms. The van der Waals surface area contributed by atoms with E-state index in [4.69, 9.17) is 15.2 Å². The third-order valence-electron chi connectivity index (χ3n) is 4.34. The Bertz CT molecular complexity index is 549. The summed E-state index contributed by atoms with van der Waals surface area (Å²) in [5.41, 5.74) is 6.57. The smallest absolute Gasteiger partial charge is 0.253 e. The van der Waals surface area contributed by atoms with Crippen LogP contribution in [-0.2, 0) is 0 Å². The predicted octanol–water partition coefficient (Wildman–Crippen LogP) is 2.46. The van der Waals surface area contributed by atoms with E-state index in [9.17, 15) is 4.79 Å². The SMILES string of the molecule is C=CCOc1ccc(C(=O)N2CCC(C(C)N)CC2)cc1OC. The highest BCUT2D eigenvalue weighted by atomic mass is 16.5. The van der Waals surface area contributed by atoms with Crippen LogP contribution in [-0.4, -0.2) is 43.7 Å². The van der Waals surface area contributed by atoms with Gasteiger partial charge in [-0.3, -0.25) is 4.79 Å². The van der Waals surface area contributed by atoms with Gasteiger partial charge in [0.1, 0.15) is 6.61 Å². The van der Waals surface area contributed by atoms with Crippen LogP contribution in [0.3, 0.4) is 0 Å². The number of benzene rings is 1. The summed E-state index contributed by atoms with van der Waals surface area (Å²) in [6.07, 6.45) is 3.59. The van der Waals surface area contributed by atoms with Gasteiger partial charge in [0, 0.05) is 24.7 Å². The molecular weight excluding hydrogens is 292 g/mol. The number of hydrogen-bond donors (Lipinski definition) is 1. The molecular formula is C18H26N2O3. The molecule has 0 bridgehead atoms. The molecule has 2 rings (SSSR count). The molecule has 1 aromatic carbocycles. The minimum Gasteiger partial charge on any atom is -0.493 e. The standard InChI is InChI=1S/C18H26N2O3/c1-4-11-23-16-6-5-15(12-17(16)22-3)18(21)20-9-7-14(8-10-20)13(2)19/h4-6,12-14H,1,7-11,19H2,2-3H3. The van der Waals surface area contributed by atoms with Gasteiger partial charge in [-0.1, -0.05) is 12.7 Å². The maximum absolute atomic E-state index is 12.7. The molecule has 0 saturated carbocycles. The summed E-state index contributed by atoms with van der Waals surface area (Å²) >= 11 is 0. The van der Waals surface area contributed by atoms with Crippen LogP contribution in [0.4, 0.5) is 0 Å². The number of carbonyl (C=O) groups excluding carboxylic acids is 1. The number of methoxy groups -OCH3 is 1. The molecule has 2 N–H and O–H groups in total. The Morgan fingerprint density at radius 3 is 2.70 bits per heavy atom. The number of ether oxygens (including phenoxy) is 2. The van der Waals surface area contributed by atoms with Gasteiger partial charge in [-0.15, -0.1) is 0 Å². The van der Waals surface area contributed by atoms with Gasteiger partial charge in [-0.25, -0.2) is 0 Å². The number of rotatable bonds is 6. The molecule has 1 saturated heterocycles. The van der Waals surface area contributed by atoms with Crippen molar-refractivity contribution in [1.29, 1.82) is 0 Å². The van der Waals surface area contributed by atoms with E-state index < -0.39 is 0 Å². The van der Waals surface area contributed by atoms with Crippen LogP contribution in [0.25, 0.3) is 0 Å². The van der Waals surface area contributed by atoms with Crippen molar-refractivity contribution in [2.45, 2.75) is 25.8 Å². The number of carbonyl (C=O) groups is 1. The Balaban J connectivity index is 2.06. The zero-order valence-electron chi connectivity index (χ0n) is 14.0. The maximum atomic E-state index is 12.7. The Morgan fingerprint density at radius 2 is 2.13 bits per heavy atom. The van der Waals surface area contributed by atoms with E-state index in [1.807, 2.05) is 11.8 Å². The summed E-state index contributed by atoms with van der Waals surface area (Å²) in [4.78, 5) is 14.5. The Hall–Kier alpha value is -2.01. The topological polar surface area (TPSA) is 64.8 Å². The van der Waals surface area contributed by atoms with E-state index in [-0.39, 0.29) is 11.9 Å². The van der Waals surface area contributed by atoms with E-state index in [0.717, 1.165) is 25.9 Å². The largest absolute Gasteiger partial charge is 0.493 e. The second-order valence-electron chi connectivity index (χ2n) is 5.95. The summed E-state index contributed by atoms with van der Waals surface area (Å²) in [7, 11) is 1.57. The molecule has 1 amide bonds. The Morgan fingerprint density at radius 1 is 1.43 bits per heavy atom. The zero-order valence-corrected chi connectivity index (χ0v) is 14.0. The summed E-state index contributed by atoms with van der Waals surface area (Å²) in [6.45, 7) is 7.56. The molecule has 1 fully saturated rings. The van der Waals surface area contributed by atoms with Crippen molar-refractivity contribution >= 4 is 5.91 Å². The first-order chi connectivity index (χ1) is 11.1. The van der Waals surface area contributed by atoms with E-state index in [1.165, 1.54) is 0 Å². The van der Waals surface area contributed by atoms with Crippen molar-refractivity contribution in [3.05, 3.63) is 36.4 Å². The second kappa shape index (κ2) is 8.02. The minimum atomic E-state index is 0.0293. The third-order valence-corrected chi connectivity index (χ3v) is 4.34. The number of hydrogen-bond acceptors (Lipinski definition) is 4. The fourth-order valence-electron chi connectivity index (χ4n) is 2.88. The van der Waals surface area contributed by atoms with E-state index in [0.29, 0.717) is 29.6 Å². The lowest BCUT2D eigenvalue weighted by atomic mass is 9.90. The van der Waals surface area contributed by atoms with Gasteiger partial charge in [-0.05, 0) is 43.9 Å². The van der Waals surface area contributed by atoms with Crippen molar-refractivity contribution in [3.8, 4) is 11.5 Å². The molecule has 1 atom stereocenters. The van der Waals surface area contributed by atoms with Gasteiger partial charge < -0.3 is 20.1 Å². The van der Waals surface area contributed by atoms with Gasteiger partial charge >= 0.3 is 0 Å². The van der Waals surface area contributed by atoms with Crippen LogP contribution >= 0.6 is 0 Å². The van der Waals surface area contributed by atoms with Crippen molar-refractivity contribution in [2.75, 3.05) is 26.8 Å². The lowest BCUT2D eigenvalue weighted by molar-refractivity contribution is 0.0680. The van der Waals surface area contributed by atoms with Gasteiger partial charge in [0.25, 0.3) is 5.91 Å². The highest BCUT2D eigenvalue weighted by Crippen LogP contribution is 2.29. The number of piperidine rings is 1. The van der Waals surface area contributed by atoms with E-state index in [2.05, 4.69) is 6.58 Å². The van der Waals surface area contributed by atoms with Crippen LogP contribution in [0.1, 0.15) is 30.1 Å². The molecule has 1 unspecified atom stereocenters. The van der Waals surface area contributed by atoms with Gasteiger partial charge in [0.15, 0.2) is 11.5 Å². The van der Waals surface area contributed by atoms with Crippen LogP contribution in [0, 0.1) is 5.92 Å². The molecule has 0 aliphatic carbocycles. The van der Waals surface area contributed by atoms with Crippen LogP contribution < -0.4 is 15.2 Å². The highest BCUT2D eigenvalue weighted by molar-refractivity contribution is 5.95. The van der Waals surface area contributed by atoms with Gasteiger partial charge in [0.05, 0.1) is 7.11 Å². The highest BCUT2D eigenvalue weighted by Gasteiger charge is 2.26. The van der Waals surface area contributed by atoms with Gasteiger partial charge in [0.2, 0.25) is 0 Å². The molecule has 5 nitrogen and oxygen atoms in total. The Kier molecular flexibility index (Phi) is 6.04. The van der Waals surface area contributed by atoms with Crippen molar-refractivity contribution in [3.63, 3.8) is 0 Å². The van der Waals surface area contributed by atoms with Gasteiger partial charge in [-0.2, -0.15) is 0 Å². The molecule has 126 valence electrons. The molecule has 0 spiro atoms. The maximum Gasteiger partial charge on any atom is 0.253 e. The van der Waals surface area contributed by atoms with Crippen LogP contribution in [0.2, 0.25) is 0 Å². The fraction of sp³-hybridized carbons (Fsp3) is 0.500. The van der Waals surface area contributed by atoms with Crippen molar-refractivity contribution in [1.82, 2.24) is 4.90 Å². The molecule has 1 aliphatic heterocycles. The first-order valence-electron chi connectivity index (χ1n) is 8.03. The Labute approximate surface area is 138 Å². The van der Waals surface area contributed by atoms with Crippen LogP contribution in [0.15, 0.2) is 30.9 Å². The quantitative estimate of drug-likeness (QED) is 0.818. The normalized spacial score (nSPS) is 16.7. The predicted molar refractivity (Wildman–Crippen MR) is 91.0 cm³/mol. The lowest BCUT2D eigenvalue weighted by Gasteiger charge is -2.33. The van der Waals surface area contributed by atoms with E-state index >= 15 is 0 Å². The lowest BCUT2D eigenvalue weighted by Crippen LogP contribution is -2.42. The summed E-state index contributed by atoms with van der Waals surface area (Å²) < 4.78 is 10.8. The third kappa shape index (κ3) is 4.26. The van der Waals surface area contributed by atoms with Crippen molar-refractivity contribution < 1.29 is 14.3 Å². The molecule has 0 aromatic heterocycles. The van der Waals surface area contributed by atoms with Crippen molar-refractivity contribution in [2.24, 2.45) is 11.7 Å². The minimum absolute atomic E-state index is 0.0293. The molecule has 0 radical (unpaired) electrons. The van der Waals surface area contributed by atoms with Crippen LogP contribution in [0.5, 0.6) is 11.5 Å². The summed E-state index contributed by atoms with van der Waals surface area (Å²) in [5, 5.41) is 0. The monoisotopic (exact) mass is 318 g/mol. The number of likely N-dealkylation sites (tertiary alicyclic amines) is 1.